The summed E-state index contributed by atoms with van der Waals surface area (Å²) in [6, 6.07) is 15.1. The van der Waals surface area contributed by atoms with E-state index in [1.807, 2.05) is 0 Å². The van der Waals surface area contributed by atoms with Crippen molar-refractivity contribution in [1.29, 1.82) is 0 Å². The molecular formula is C29H27F2N5O5. The maximum atomic E-state index is 13.9. The number of hydrogen-bond acceptors (Lipinski definition) is 7. The van der Waals surface area contributed by atoms with Crippen LogP contribution >= 0.6 is 0 Å². The summed E-state index contributed by atoms with van der Waals surface area (Å²) in [5, 5.41) is 10.5. The lowest BCUT2D eigenvalue weighted by Gasteiger charge is -2.25. The van der Waals surface area contributed by atoms with E-state index < -0.39 is 35.5 Å². The van der Waals surface area contributed by atoms with E-state index in [0.717, 1.165) is 18.2 Å². The molecule has 4 aromatic rings. The van der Waals surface area contributed by atoms with Gasteiger partial charge >= 0.3 is 5.97 Å². The lowest BCUT2D eigenvalue weighted by molar-refractivity contribution is -0.120. The van der Waals surface area contributed by atoms with Crippen LogP contribution in [0.4, 0.5) is 14.5 Å². The summed E-state index contributed by atoms with van der Waals surface area (Å²) >= 11 is 0. The first kappa shape index (κ1) is 28.9. The van der Waals surface area contributed by atoms with Gasteiger partial charge in [0.05, 0.1) is 32.5 Å². The molecule has 0 aliphatic carbocycles. The molecular weight excluding hydrogens is 536 g/mol. The second-order valence-corrected chi connectivity index (χ2v) is 9.10. The van der Waals surface area contributed by atoms with Crippen molar-refractivity contribution in [3.8, 4) is 5.75 Å². The predicted molar refractivity (Wildman–Crippen MR) is 145 cm³/mol. The number of carbonyl (C=O) groups is 3. The van der Waals surface area contributed by atoms with E-state index in [-0.39, 0.29) is 24.2 Å². The average Bonchev–Trinajstić information content (AvgIpc) is 3.44. The minimum Gasteiger partial charge on any atom is -0.497 e. The zero-order chi connectivity index (χ0) is 29.5. The molecule has 0 spiro atoms. The standard InChI is InChI=1S/C29H27F2N5O5/c1-35(23-7-9-24(40-2)10-8-23)28(38)25(14-19-12-21(30)15-22(31)13-19)32-27(37)26-17-36(34-33-26)16-18-5-4-6-20(11-18)29(39)41-3/h4-13,15,17,25H,14,16H2,1-3H3,(H,32,37). The van der Waals surface area contributed by atoms with Crippen molar-refractivity contribution in [3.63, 3.8) is 0 Å². The van der Waals surface area contributed by atoms with Crippen LogP contribution in [0.15, 0.2) is 72.9 Å². The van der Waals surface area contributed by atoms with Crippen molar-refractivity contribution >= 4 is 23.5 Å². The van der Waals surface area contributed by atoms with Gasteiger partial charge in [0.2, 0.25) is 5.91 Å². The minimum absolute atomic E-state index is 0.0792. The van der Waals surface area contributed by atoms with Crippen LogP contribution in [-0.4, -0.2) is 60.1 Å². The number of ether oxygens (including phenoxy) is 2. The fourth-order valence-corrected chi connectivity index (χ4v) is 4.14. The lowest BCUT2D eigenvalue weighted by Crippen LogP contribution is -2.49. The van der Waals surface area contributed by atoms with Crippen molar-refractivity contribution in [1.82, 2.24) is 20.3 Å². The van der Waals surface area contributed by atoms with E-state index in [9.17, 15) is 23.2 Å². The highest BCUT2D eigenvalue weighted by atomic mass is 19.1. The van der Waals surface area contributed by atoms with Gasteiger partial charge in [0.15, 0.2) is 5.69 Å². The number of benzene rings is 3. The van der Waals surface area contributed by atoms with Crippen LogP contribution in [0.3, 0.4) is 0 Å². The predicted octanol–water partition coefficient (Wildman–Crippen LogP) is 3.40. The summed E-state index contributed by atoms with van der Waals surface area (Å²) in [5.74, 6) is -2.74. The fraction of sp³-hybridized carbons (Fsp3) is 0.207. The number of anilines is 1. The fourth-order valence-electron chi connectivity index (χ4n) is 4.14. The van der Waals surface area contributed by atoms with Crippen molar-refractivity contribution in [2.24, 2.45) is 0 Å². The highest BCUT2D eigenvalue weighted by Crippen LogP contribution is 2.20. The van der Waals surface area contributed by atoms with Gasteiger partial charge in [-0.2, -0.15) is 0 Å². The first-order valence-electron chi connectivity index (χ1n) is 12.4. The summed E-state index contributed by atoms with van der Waals surface area (Å²) in [7, 11) is 4.33. The van der Waals surface area contributed by atoms with Gasteiger partial charge in [0.25, 0.3) is 5.91 Å². The van der Waals surface area contributed by atoms with Gasteiger partial charge < -0.3 is 19.7 Å². The van der Waals surface area contributed by atoms with Crippen LogP contribution in [0.2, 0.25) is 0 Å². The van der Waals surface area contributed by atoms with E-state index in [1.165, 1.54) is 37.0 Å². The Kier molecular flexibility index (Phi) is 9.02. The number of halogens is 2. The number of nitrogens with zero attached hydrogens (tertiary/aromatic N) is 4. The molecule has 1 N–H and O–H groups in total. The van der Waals surface area contributed by atoms with E-state index in [4.69, 9.17) is 9.47 Å². The quantitative estimate of drug-likeness (QED) is 0.294. The van der Waals surface area contributed by atoms with Gasteiger partial charge in [-0.25, -0.2) is 18.3 Å². The first-order valence-corrected chi connectivity index (χ1v) is 12.4. The summed E-state index contributed by atoms with van der Waals surface area (Å²) in [4.78, 5) is 39.8. The van der Waals surface area contributed by atoms with Gasteiger partial charge in [-0.3, -0.25) is 9.59 Å². The van der Waals surface area contributed by atoms with Crippen LogP contribution in [-0.2, 0) is 22.5 Å². The zero-order valence-electron chi connectivity index (χ0n) is 22.5. The Morgan fingerprint density at radius 3 is 2.34 bits per heavy atom. The normalized spacial score (nSPS) is 11.4. The molecule has 0 bridgehead atoms. The Balaban J connectivity index is 1.54. The maximum Gasteiger partial charge on any atom is 0.337 e. The SMILES string of the molecule is COC(=O)c1cccc(Cn2cc(C(=O)NC(Cc3cc(F)cc(F)c3)C(=O)N(C)c3ccc(OC)cc3)nn2)c1. The average molecular weight is 564 g/mol. The molecule has 41 heavy (non-hydrogen) atoms. The molecule has 1 atom stereocenters. The summed E-state index contributed by atoms with van der Waals surface area (Å²) in [6.45, 7) is 0.205. The molecule has 0 saturated heterocycles. The molecule has 0 aliphatic rings. The van der Waals surface area contributed by atoms with E-state index in [2.05, 4.69) is 15.6 Å². The Hall–Kier alpha value is -5.13. The molecule has 3 aromatic carbocycles. The van der Waals surface area contributed by atoms with Crippen molar-refractivity contribution in [2.75, 3.05) is 26.2 Å². The van der Waals surface area contributed by atoms with E-state index in [0.29, 0.717) is 22.6 Å². The summed E-state index contributed by atoms with van der Waals surface area (Å²) < 4.78 is 39.1. The van der Waals surface area contributed by atoms with Crippen LogP contribution in [0.25, 0.3) is 0 Å². The molecule has 10 nitrogen and oxygen atoms in total. The Bertz CT molecular complexity index is 1540. The molecule has 0 fully saturated rings. The number of likely N-dealkylation sites (N-methyl/N-ethyl adjacent to an activating group) is 1. The smallest absolute Gasteiger partial charge is 0.337 e. The third kappa shape index (κ3) is 7.29. The number of esters is 1. The Morgan fingerprint density at radius 2 is 1.68 bits per heavy atom. The Labute approximate surface area is 234 Å². The number of nitrogens with one attached hydrogen (secondary N) is 1. The highest BCUT2D eigenvalue weighted by molar-refractivity contribution is 6.01. The van der Waals surface area contributed by atoms with Gasteiger partial charge in [-0.15, -0.1) is 5.10 Å². The van der Waals surface area contributed by atoms with Crippen LogP contribution in [0.1, 0.15) is 32.0 Å². The highest BCUT2D eigenvalue weighted by Gasteiger charge is 2.27. The molecule has 1 aromatic heterocycles. The van der Waals surface area contributed by atoms with Crippen LogP contribution < -0.4 is 15.0 Å². The molecule has 4 rings (SSSR count). The number of amides is 2. The van der Waals surface area contributed by atoms with Crippen molar-refractivity contribution < 1.29 is 32.6 Å². The Morgan fingerprint density at radius 1 is 0.976 bits per heavy atom. The second kappa shape index (κ2) is 12.8. The molecule has 1 heterocycles. The minimum atomic E-state index is -1.20. The van der Waals surface area contributed by atoms with E-state index in [1.54, 1.807) is 48.5 Å². The number of aromatic nitrogens is 3. The van der Waals surface area contributed by atoms with Gasteiger partial charge in [-0.1, -0.05) is 17.3 Å². The molecule has 2 amide bonds. The largest absolute Gasteiger partial charge is 0.497 e. The first-order chi connectivity index (χ1) is 19.7. The second-order valence-electron chi connectivity index (χ2n) is 9.10. The molecule has 12 heteroatoms. The number of methoxy groups -OCH3 is 2. The van der Waals surface area contributed by atoms with Crippen molar-refractivity contribution in [3.05, 3.63) is 107 Å². The lowest BCUT2D eigenvalue weighted by atomic mass is 10.0. The van der Waals surface area contributed by atoms with E-state index >= 15 is 0 Å². The number of carbonyl (C=O) groups excluding carboxylic acids is 3. The zero-order valence-corrected chi connectivity index (χ0v) is 22.5. The van der Waals surface area contributed by atoms with Crippen LogP contribution in [0.5, 0.6) is 5.75 Å². The number of hydrogen-bond donors (Lipinski definition) is 1. The third-order valence-corrected chi connectivity index (χ3v) is 6.22. The van der Waals surface area contributed by atoms with Gasteiger partial charge in [0.1, 0.15) is 23.4 Å². The number of rotatable bonds is 10. The maximum absolute atomic E-state index is 13.9. The molecule has 212 valence electrons. The molecule has 0 radical (unpaired) electrons. The molecule has 0 aliphatic heterocycles. The van der Waals surface area contributed by atoms with Gasteiger partial charge in [-0.05, 0) is 59.7 Å². The van der Waals surface area contributed by atoms with Crippen LogP contribution in [0, 0.1) is 11.6 Å². The van der Waals surface area contributed by atoms with Crippen molar-refractivity contribution in [2.45, 2.75) is 19.0 Å². The monoisotopic (exact) mass is 563 g/mol. The topological polar surface area (TPSA) is 116 Å². The summed E-state index contributed by atoms with van der Waals surface area (Å²) in [6.07, 6.45) is 1.20. The van der Waals surface area contributed by atoms with Gasteiger partial charge in [0, 0.05) is 25.2 Å². The summed E-state index contributed by atoms with van der Waals surface area (Å²) in [5.41, 5.74) is 1.69. The molecule has 1 unspecified atom stereocenters. The third-order valence-electron chi connectivity index (χ3n) is 6.22. The molecule has 0 saturated carbocycles.